The van der Waals surface area contributed by atoms with Crippen molar-refractivity contribution in [2.75, 3.05) is 5.43 Å². The molecule has 8 heteroatoms. The minimum Gasteiger partial charge on any atom is -0.465 e. The summed E-state index contributed by atoms with van der Waals surface area (Å²) in [6.07, 6.45) is -5.09. The number of aryl methyl sites for hydroxylation is 1. The highest BCUT2D eigenvalue weighted by Crippen LogP contribution is 2.28. The van der Waals surface area contributed by atoms with Crippen LogP contribution in [0.15, 0.2) is 0 Å². The maximum atomic E-state index is 12.5. The molecule has 0 aliphatic heterocycles. The maximum Gasteiger partial charge on any atom is 0.425 e. The van der Waals surface area contributed by atoms with E-state index in [0.717, 1.165) is 13.3 Å². The predicted octanol–water partition coefficient (Wildman–Crippen LogP) is 2.35. The van der Waals surface area contributed by atoms with Crippen LogP contribution in [0.25, 0.3) is 0 Å². The number of nitrogen functional groups attached to an aromatic ring is 1. The Balaban J connectivity index is 3.08. The Hall–Kier alpha value is -1.57. The van der Waals surface area contributed by atoms with Gasteiger partial charge in [-0.05, 0) is 20.3 Å². The first-order chi connectivity index (χ1) is 8.79. The molecule has 3 N–H and O–H groups in total. The smallest absolute Gasteiger partial charge is 0.425 e. The van der Waals surface area contributed by atoms with Gasteiger partial charge < -0.3 is 10.2 Å². The van der Waals surface area contributed by atoms with Gasteiger partial charge in [0.15, 0.2) is 6.10 Å². The molecule has 5 nitrogen and oxygen atoms in total. The Morgan fingerprint density at radius 1 is 1.37 bits per heavy atom. The molecule has 1 aromatic heterocycles. The monoisotopic (exact) mass is 278 g/mol. The Labute approximate surface area is 109 Å². The SMILES string of the molecule is CCCc1nc(NN)c(C)c(OC(C)C(F)(F)F)n1. The molecule has 0 aliphatic rings. The summed E-state index contributed by atoms with van der Waals surface area (Å²) in [5.41, 5.74) is 2.68. The number of alkyl halides is 3. The van der Waals surface area contributed by atoms with Crippen molar-refractivity contribution in [1.82, 2.24) is 9.97 Å². The third-order valence-corrected chi connectivity index (χ3v) is 2.51. The second-order valence-electron chi connectivity index (χ2n) is 4.11. The van der Waals surface area contributed by atoms with E-state index >= 15 is 0 Å². The number of halogens is 3. The maximum absolute atomic E-state index is 12.5. The quantitative estimate of drug-likeness (QED) is 0.639. The van der Waals surface area contributed by atoms with Crippen molar-refractivity contribution in [2.45, 2.75) is 45.9 Å². The first kappa shape index (κ1) is 15.5. The number of nitrogens with two attached hydrogens (primary N) is 1. The van der Waals surface area contributed by atoms with Crippen LogP contribution in [0.3, 0.4) is 0 Å². The number of anilines is 1. The first-order valence-electron chi connectivity index (χ1n) is 5.87. The second kappa shape index (κ2) is 6.05. The summed E-state index contributed by atoms with van der Waals surface area (Å²) in [7, 11) is 0. The largest absolute Gasteiger partial charge is 0.465 e. The Kier molecular flexibility index (Phi) is 4.93. The molecule has 1 rings (SSSR count). The fourth-order valence-corrected chi connectivity index (χ4v) is 1.37. The van der Waals surface area contributed by atoms with Crippen LogP contribution in [0.1, 0.15) is 31.7 Å². The zero-order valence-electron chi connectivity index (χ0n) is 11.0. The van der Waals surface area contributed by atoms with Crippen molar-refractivity contribution in [3.05, 3.63) is 11.4 Å². The molecule has 19 heavy (non-hydrogen) atoms. The summed E-state index contributed by atoms with van der Waals surface area (Å²) in [4.78, 5) is 8.10. The van der Waals surface area contributed by atoms with E-state index in [1.165, 1.54) is 0 Å². The van der Waals surface area contributed by atoms with Gasteiger partial charge >= 0.3 is 6.18 Å². The molecular formula is C11H17F3N4O. The van der Waals surface area contributed by atoms with Crippen molar-refractivity contribution in [1.29, 1.82) is 0 Å². The number of hydrogen-bond donors (Lipinski definition) is 2. The predicted molar refractivity (Wildman–Crippen MR) is 64.7 cm³/mol. The average Bonchev–Trinajstić information content (AvgIpc) is 2.32. The molecule has 0 aromatic carbocycles. The van der Waals surface area contributed by atoms with E-state index in [-0.39, 0.29) is 11.7 Å². The second-order valence-corrected chi connectivity index (χ2v) is 4.11. The zero-order valence-corrected chi connectivity index (χ0v) is 11.0. The lowest BCUT2D eigenvalue weighted by Crippen LogP contribution is -2.32. The lowest BCUT2D eigenvalue weighted by Gasteiger charge is -2.19. The molecule has 1 atom stereocenters. The van der Waals surface area contributed by atoms with Crippen LogP contribution in [-0.2, 0) is 6.42 Å². The molecule has 0 radical (unpaired) electrons. The minimum atomic E-state index is -4.45. The van der Waals surface area contributed by atoms with Gasteiger partial charge in [-0.1, -0.05) is 6.92 Å². The molecule has 1 heterocycles. The average molecular weight is 278 g/mol. The summed E-state index contributed by atoms with van der Waals surface area (Å²) in [6.45, 7) is 4.39. The fraction of sp³-hybridized carbons (Fsp3) is 0.636. The van der Waals surface area contributed by atoms with Crippen molar-refractivity contribution < 1.29 is 17.9 Å². The van der Waals surface area contributed by atoms with Gasteiger partial charge in [-0.25, -0.2) is 10.8 Å². The number of rotatable bonds is 5. The zero-order chi connectivity index (χ0) is 14.6. The summed E-state index contributed by atoms with van der Waals surface area (Å²) < 4.78 is 42.3. The summed E-state index contributed by atoms with van der Waals surface area (Å²) in [5, 5.41) is 0. The lowest BCUT2D eigenvalue weighted by atomic mass is 10.2. The van der Waals surface area contributed by atoms with E-state index < -0.39 is 12.3 Å². The summed E-state index contributed by atoms with van der Waals surface area (Å²) in [5.74, 6) is 5.84. The van der Waals surface area contributed by atoms with Crippen molar-refractivity contribution >= 4 is 5.82 Å². The lowest BCUT2D eigenvalue weighted by molar-refractivity contribution is -0.190. The van der Waals surface area contributed by atoms with Crippen LogP contribution < -0.4 is 16.0 Å². The van der Waals surface area contributed by atoms with Gasteiger partial charge in [-0.15, -0.1) is 0 Å². The van der Waals surface area contributed by atoms with Gasteiger partial charge in [0.1, 0.15) is 11.6 Å². The number of nitrogens with zero attached hydrogens (tertiary/aromatic N) is 2. The van der Waals surface area contributed by atoms with E-state index in [1.807, 2.05) is 6.92 Å². The van der Waals surface area contributed by atoms with E-state index in [0.29, 0.717) is 17.8 Å². The molecule has 1 aromatic rings. The molecule has 1 unspecified atom stereocenters. The highest BCUT2D eigenvalue weighted by atomic mass is 19.4. The topological polar surface area (TPSA) is 73.1 Å². The first-order valence-corrected chi connectivity index (χ1v) is 5.87. The number of ether oxygens (including phenoxy) is 1. The number of nitrogens with one attached hydrogen (secondary N) is 1. The fourth-order valence-electron chi connectivity index (χ4n) is 1.37. The van der Waals surface area contributed by atoms with E-state index in [4.69, 9.17) is 10.6 Å². The molecule has 0 fully saturated rings. The minimum absolute atomic E-state index is 0.101. The van der Waals surface area contributed by atoms with Gasteiger partial charge in [0, 0.05) is 6.42 Å². The van der Waals surface area contributed by atoms with Crippen LogP contribution in [0.5, 0.6) is 5.88 Å². The van der Waals surface area contributed by atoms with E-state index in [1.54, 1.807) is 6.92 Å². The molecule has 108 valence electrons. The summed E-state index contributed by atoms with van der Waals surface area (Å²) in [6, 6.07) is 0. The third-order valence-electron chi connectivity index (χ3n) is 2.51. The molecular weight excluding hydrogens is 261 g/mol. The molecule has 0 spiro atoms. The standard InChI is InChI=1S/C11H17F3N4O/c1-4-5-8-16-9(18-15)6(2)10(17-8)19-7(3)11(12,13)14/h7H,4-5,15H2,1-3H3,(H,16,17,18). The highest BCUT2D eigenvalue weighted by Gasteiger charge is 2.38. The normalized spacial score (nSPS) is 13.2. The van der Waals surface area contributed by atoms with Gasteiger partial charge in [0.05, 0.1) is 5.56 Å². The molecule has 0 aliphatic carbocycles. The molecule has 0 amide bonds. The molecule has 0 saturated heterocycles. The van der Waals surface area contributed by atoms with Crippen LogP contribution in [0.2, 0.25) is 0 Å². The van der Waals surface area contributed by atoms with Crippen LogP contribution in [0.4, 0.5) is 19.0 Å². The molecule has 0 saturated carbocycles. The van der Waals surface area contributed by atoms with Crippen molar-refractivity contribution in [2.24, 2.45) is 5.84 Å². The highest BCUT2D eigenvalue weighted by molar-refractivity contribution is 5.47. The van der Waals surface area contributed by atoms with Crippen molar-refractivity contribution in [3.8, 4) is 5.88 Å². The van der Waals surface area contributed by atoms with Gasteiger partial charge in [0.2, 0.25) is 5.88 Å². The van der Waals surface area contributed by atoms with Crippen LogP contribution in [-0.4, -0.2) is 22.2 Å². The van der Waals surface area contributed by atoms with Gasteiger partial charge in [0.25, 0.3) is 0 Å². The Morgan fingerprint density at radius 3 is 2.47 bits per heavy atom. The van der Waals surface area contributed by atoms with E-state index in [2.05, 4.69) is 15.4 Å². The van der Waals surface area contributed by atoms with E-state index in [9.17, 15) is 13.2 Å². The summed E-state index contributed by atoms with van der Waals surface area (Å²) >= 11 is 0. The van der Waals surface area contributed by atoms with Crippen LogP contribution in [0, 0.1) is 6.92 Å². The number of hydrazine groups is 1. The third kappa shape index (κ3) is 3.95. The van der Waals surface area contributed by atoms with Gasteiger partial charge in [-0.2, -0.15) is 18.2 Å². The van der Waals surface area contributed by atoms with Crippen molar-refractivity contribution in [3.63, 3.8) is 0 Å². The molecule has 0 bridgehead atoms. The Bertz CT molecular complexity index is 437. The van der Waals surface area contributed by atoms with Crippen LogP contribution >= 0.6 is 0 Å². The Morgan fingerprint density at radius 2 is 2.00 bits per heavy atom. The number of aromatic nitrogens is 2. The number of hydrogen-bond acceptors (Lipinski definition) is 5. The van der Waals surface area contributed by atoms with Gasteiger partial charge in [-0.3, -0.25) is 0 Å².